The van der Waals surface area contributed by atoms with Crippen LogP contribution in [0.5, 0.6) is 0 Å². The van der Waals surface area contributed by atoms with Gasteiger partial charge in [-0.3, -0.25) is 0 Å². The van der Waals surface area contributed by atoms with E-state index in [1.165, 1.54) is 0 Å². The van der Waals surface area contributed by atoms with Crippen molar-refractivity contribution in [1.82, 2.24) is 5.32 Å². The Balaban J connectivity index is 2.10. The first-order valence-corrected chi connectivity index (χ1v) is 7.96. The number of para-hydroxylation sites is 1. The molecule has 2 nitrogen and oxygen atoms in total. The highest BCUT2D eigenvalue weighted by molar-refractivity contribution is 7.99. The fourth-order valence-electron chi connectivity index (χ4n) is 2.69. The molecular weight excluding hydrogens is 278 g/mol. The first-order chi connectivity index (χ1) is 9.56. The molecule has 0 radical (unpaired) electrons. The largest absolute Gasteiger partial charge is 0.368 e. The highest BCUT2D eigenvalue weighted by atomic mass is 32.2. The Hall–Kier alpha value is -0.810. The van der Waals surface area contributed by atoms with Gasteiger partial charge in [0.05, 0.1) is 5.69 Å². The van der Waals surface area contributed by atoms with E-state index in [0.717, 1.165) is 31.7 Å². The topological polar surface area (TPSA) is 15.3 Å². The SMILES string of the molecule is CC(C)CC1CN(c2ccccc2SC(F)F)CCN1. The molecule has 0 spiro atoms. The number of rotatable bonds is 5. The molecule has 1 aliphatic rings. The van der Waals surface area contributed by atoms with E-state index < -0.39 is 5.76 Å². The van der Waals surface area contributed by atoms with Gasteiger partial charge in [0.1, 0.15) is 0 Å². The van der Waals surface area contributed by atoms with Crippen LogP contribution in [0.2, 0.25) is 0 Å². The number of nitrogens with one attached hydrogen (secondary N) is 1. The van der Waals surface area contributed by atoms with Crippen LogP contribution in [0.15, 0.2) is 29.2 Å². The maximum atomic E-state index is 12.6. The van der Waals surface area contributed by atoms with Crippen molar-refractivity contribution in [1.29, 1.82) is 0 Å². The Kier molecular flexibility index (Phi) is 5.66. The van der Waals surface area contributed by atoms with E-state index in [0.29, 0.717) is 28.6 Å². The summed E-state index contributed by atoms with van der Waals surface area (Å²) in [4.78, 5) is 2.90. The zero-order valence-electron chi connectivity index (χ0n) is 12.0. The van der Waals surface area contributed by atoms with E-state index in [4.69, 9.17) is 0 Å². The molecule has 112 valence electrons. The van der Waals surface area contributed by atoms with Crippen molar-refractivity contribution < 1.29 is 8.78 Å². The summed E-state index contributed by atoms with van der Waals surface area (Å²) >= 11 is 0.638. The van der Waals surface area contributed by atoms with Gasteiger partial charge in [0.25, 0.3) is 5.76 Å². The van der Waals surface area contributed by atoms with Crippen molar-refractivity contribution in [2.45, 2.75) is 37.0 Å². The van der Waals surface area contributed by atoms with Crippen LogP contribution in [0.3, 0.4) is 0 Å². The normalized spacial score (nSPS) is 19.9. The summed E-state index contributed by atoms with van der Waals surface area (Å²) in [6, 6.07) is 7.91. The molecule has 1 atom stereocenters. The molecule has 1 unspecified atom stereocenters. The van der Waals surface area contributed by atoms with Gasteiger partial charge in [0, 0.05) is 30.6 Å². The second-order valence-electron chi connectivity index (χ2n) is 5.57. The van der Waals surface area contributed by atoms with E-state index in [2.05, 4.69) is 24.1 Å². The monoisotopic (exact) mass is 300 g/mol. The van der Waals surface area contributed by atoms with Crippen LogP contribution < -0.4 is 10.2 Å². The van der Waals surface area contributed by atoms with Crippen molar-refractivity contribution in [2.24, 2.45) is 5.92 Å². The number of anilines is 1. The average molecular weight is 300 g/mol. The first kappa shape index (κ1) is 15.6. The fraction of sp³-hybridized carbons (Fsp3) is 0.600. The summed E-state index contributed by atoms with van der Waals surface area (Å²) in [5.74, 6) is -1.73. The van der Waals surface area contributed by atoms with Crippen molar-refractivity contribution in [2.75, 3.05) is 24.5 Å². The Morgan fingerprint density at radius 1 is 1.35 bits per heavy atom. The van der Waals surface area contributed by atoms with E-state index in [1.54, 1.807) is 6.07 Å². The van der Waals surface area contributed by atoms with E-state index in [1.807, 2.05) is 18.2 Å². The van der Waals surface area contributed by atoms with Gasteiger partial charge in [-0.05, 0) is 24.5 Å². The summed E-state index contributed by atoms with van der Waals surface area (Å²) in [6.45, 7) is 7.09. The molecule has 0 saturated carbocycles. The summed E-state index contributed by atoms with van der Waals surface area (Å²) in [5, 5.41) is 3.51. The lowest BCUT2D eigenvalue weighted by Gasteiger charge is -2.37. The van der Waals surface area contributed by atoms with Crippen LogP contribution in [0.4, 0.5) is 14.5 Å². The maximum absolute atomic E-state index is 12.6. The average Bonchev–Trinajstić information content (AvgIpc) is 2.38. The van der Waals surface area contributed by atoms with Gasteiger partial charge < -0.3 is 10.2 Å². The molecule has 5 heteroatoms. The van der Waals surface area contributed by atoms with Crippen LogP contribution in [-0.4, -0.2) is 31.4 Å². The predicted molar refractivity (Wildman–Crippen MR) is 81.8 cm³/mol. The molecule has 1 fully saturated rings. The van der Waals surface area contributed by atoms with Gasteiger partial charge in [0.15, 0.2) is 0 Å². The first-order valence-electron chi connectivity index (χ1n) is 7.08. The third kappa shape index (κ3) is 4.35. The minimum absolute atomic E-state index is 0.438. The van der Waals surface area contributed by atoms with Gasteiger partial charge in [-0.25, -0.2) is 0 Å². The summed E-state index contributed by atoms with van der Waals surface area (Å²) in [6.07, 6.45) is 1.11. The van der Waals surface area contributed by atoms with Crippen molar-refractivity contribution in [3.8, 4) is 0 Å². The zero-order valence-corrected chi connectivity index (χ0v) is 12.8. The van der Waals surface area contributed by atoms with Crippen molar-refractivity contribution in [3.63, 3.8) is 0 Å². The maximum Gasteiger partial charge on any atom is 0.288 e. The number of piperazine rings is 1. The van der Waals surface area contributed by atoms with Crippen LogP contribution in [-0.2, 0) is 0 Å². The molecule has 0 aliphatic carbocycles. The Morgan fingerprint density at radius 3 is 2.80 bits per heavy atom. The number of halogens is 2. The molecule has 0 bridgehead atoms. The number of hydrogen-bond donors (Lipinski definition) is 1. The highest BCUT2D eigenvalue weighted by Crippen LogP contribution is 2.34. The molecular formula is C15H22F2N2S. The summed E-state index contributed by atoms with van der Waals surface area (Å²) in [7, 11) is 0. The van der Waals surface area contributed by atoms with E-state index in [9.17, 15) is 8.78 Å². The number of alkyl halides is 2. The van der Waals surface area contributed by atoms with Crippen molar-refractivity contribution in [3.05, 3.63) is 24.3 Å². The molecule has 1 saturated heterocycles. The predicted octanol–water partition coefficient (Wildman–Crippen LogP) is 3.83. The smallest absolute Gasteiger partial charge is 0.288 e. The molecule has 20 heavy (non-hydrogen) atoms. The number of hydrogen-bond acceptors (Lipinski definition) is 3. The second-order valence-corrected chi connectivity index (χ2v) is 6.60. The molecule has 1 aliphatic heterocycles. The molecule has 1 aromatic rings. The minimum Gasteiger partial charge on any atom is -0.368 e. The Bertz CT molecular complexity index is 426. The lowest BCUT2D eigenvalue weighted by molar-refractivity contribution is 0.252. The lowest BCUT2D eigenvalue weighted by Crippen LogP contribution is -2.51. The second kappa shape index (κ2) is 7.27. The lowest BCUT2D eigenvalue weighted by atomic mass is 10.0. The van der Waals surface area contributed by atoms with Gasteiger partial charge in [0.2, 0.25) is 0 Å². The van der Waals surface area contributed by atoms with Gasteiger partial charge in [-0.2, -0.15) is 8.78 Å². The molecule has 1 N–H and O–H groups in total. The summed E-state index contributed by atoms with van der Waals surface area (Å²) in [5.41, 5.74) is 0.938. The Labute approximate surface area is 123 Å². The number of thioether (sulfide) groups is 1. The Morgan fingerprint density at radius 2 is 2.10 bits per heavy atom. The van der Waals surface area contributed by atoms with Crippen LogP contribution in [0, 0.1) is 5.92 Å². The van der Waals surface area contributed by atoms with E-state index >= 15 is 0 Å². The van der Waals surface area contributed by atoms with Crippen LogP contribution >= 0.6 is 11.8 Å². The van der Waals surface area contributed by atoms with Crippen LogP contribution in [0.1, 0.15) is 20.3 Å². The molecule has 2 rings (SSSR count). The quantitative estimate of drug-likeness (QED) is 0.832. The van der Waals surface area contributed by atoms with Gasteiger partial charge in [-0.1, -0.05) is 37.7 Å². The zero-order chi connectivity index (χ0) is 14.5. The van der Waals surface area contributed by atoms with E-state index in [-0.39, 0.29) is 0 Å². The highest BCUT2D eigenvalue weighted by Gasteiger charge is 2.22. The number of benzene rings is 1. The third-order valence-electron chi connectivity index (χ3n) is 3.43. The van der Waals surface area contributed by atoms with Gasteiger partial charge >= 0.3 is 0 Å². The van der Waals surface area contributed by atoms with Crippen molar-refractivity contribution >= 4 is 17.4 Å². The summed E-state index contributed by atoms with van der Waals surface area (Å²) < 4.78 is 25.3. The molecule has 1 aromatic carbocycles. The molecule has 1 heterocycles. The third-order valence-corrected chi connectivity index (χ3v) is 4.21. The standard InChI is InChI=1S/C15H22F2N2S/c1-11(2)9-12-10-19(8-7-18-12)13-5-3-4-6-14(13)20-15(16)17/h3-6,11-12,15,18H,7-10H2,1-2H3. The number of nitrogens with zero attached hydrogens (tertiary/aromatic N) is 1. The van der Waals surface area contributed by atoms with Gasteiger partial charge in [-0.15, -0.1) is 0 Å². The minimum atomic E-state index is -2.37. The van der Waals surface area contributed by atoms with Crippen LogP contribution in [0.25, 0.3) is 0 Å². The fourth-order valence-corrected chi connectivity index (χ4v) is 3.35. The molecule has 0 aromatic heterocycles. The molecule has 0 amide bonds.